The van der Waals surface area contributed by atoms with Gasteiger partial charge in [0.05, 0.1) is 35.9 Å². The van der Waals surface area contributed by atoms with Gasteiger partial charge in [0, 0.05) is 44.2 Å². The first-order valence-corrected chi connectivity index (χ1v) is 33.8. The third-order valence-corrected chi connectivity index (χ3v) is 19.9. The van der Waals surface area contributed by atoms with Crippen LogP contribution in [0.15, 0.2) is 328 Å². The van der Waals surface area contributed by atoms with Gasteiger partial charge in [-0.3, -0.25) is 0 Å². The van der Waals surface area contributed by atoms with Crippen molar-refractivity contribution < 1.29 is 0 Å². The summed E-state index contributed by atoms with van der Waals surface area (Å²) in [6, 6.07) is 114. The first-order valence-electron chi connectivity index (χ1n) is 33.8. The van der Waals surface area contributed by atoms with Gasteiger partial charge in [-0.15, -0.1) is 0 Å². The number of rotatable bonds is 11. The van der Waals surface area contributed by atoms with E-state index >= 15 is 0 Å². The van der Waals surface area contributed by atoms with Crippen molar-refractivity contribution in [2.45, 2.75) is 38.5 Å². The van der Waals surface area contributed by atoms with E-state index in [4.69, 9.17) is 33.1 Å². The summed E-state index contributed by atoms with van der Waals surface area (Å²) in [6.45, 7) is 24.5. The normalized spacial score (nSPS) is 12.5. The maximum Gasteiger partial charge on any atom is 0.195 e. The molecule has 0 N–H and O–H groups in total. The monoisotopic (exact) mass is 1280 g/mol. The van der Waals surface area contributed by atoms with Crippen molar-refractivity contribution in [2.24, 2.45) is 0 Å². The molecule has 2 aromatic heterocycles. The lowest BCUT2D eigenvalue weighted by molar-refractivity contribution is 0.660. The molecule has 0 aliphatic heterocycles. The Balaban J connectivity index is 0.000000157. The van der Waals surface area contributed by atoms with Crippen LogP contribution in [0, 0.1) is 13.1 Å². The largest absolute Gasteiger partial charge is 0.238 e. The van der Waals surface area contributed by atoms with E-state index < -0.39 is 0 Å². The van der Waals surface area contributed by atoms with Gasteiger partial charge in [-0.1, -0.05) is 313 Å². The van der Waals surface area contributed by atoms with Crippen LogP contribution in [0.25, 0.3) is 155 Å². The molecule has 0 bridgehead atoms. The Hall–Kier alpha value is -13.0. The number of hydrogen-bond acceptors (Lipinski definition) is 4. The highest BCUT2D eigenvalue weighted by Crippen LogP contribution is 2.55. The topological polar surface area (TPSA) is 60.3 Å². The molecule has 0 unspecified atom stereocenters. The first kappa shape index (κ1) is 61.8. The predicted molar refractivity (Wildman–Crippen MR) is 412 cm³/mol. The molecule has 6 heteroatoms. The summed E-state index contributed by atoms with van der Waals surface area (Å²) < 4.78 is 0. The number of hydrogen-bond donors (Lipinski definition) is 0. The summed E-state index contributed by atoms with van der Waals surface area (Å²) in [5, 5.41) is 0. The maximum absolute atomic E-state index is 7.76. The Morgan fingerprint density at radius 1 is 0.220 bits per heavy atom. The zero-order valence-corrected chi connectivity index (χ0v) is 55.9. The summed E-state index contributed by atoms with van der Waals surface area (Å²) in [7, 11) is 0. The Labute approximate surface area is 584 Å². The van der Waals surface area contributed by atoms with Crippen molar-refractivity contribution in [3.05, 3.63) is 373 Å². The van der Waals surface area contributed by atoms with Gasteiger partial charge in [0.25, 0.3) is 0 Å². The second-order valence-electron chi connectivity index (χ2n) is 26.7. The maximum atomic E-state index is 7.76. The van der Waals surface area contributed by atoms with Crippen LogP contribution in [0.2, 0.25) is 0 Å². The average molecular weight is 1280 g/mol. The van der Waals surface area contributed by atoms with Gasteiger partial charge in [-0.25, -0.2) is 29.6 Å². The average Bonchev–Trinajstić information content (AvgIpc) is 1.58. The summed E-state index contributed by atoms with van der Waals surface area (Å²) in [4.78, 5) is 27.8. The van der Waals surface area contributed by atoms with Crippen LogP contribution < -0.4 is 0 Å². The zero-order chi connectivity index (χ0) is 67.9. The van der Waals surface area contributed by atoms with Gasteiger partial charge in [0.15, 0.2) is 23.0 Å². The van der Waals surface area contributed by atoms with Crippen molar-refractivity contribution in [2.75, 3.05) is 0 Å². The SMILES string of the molecule is [C-]#[N+]c1cccc2c1-c1ccc(-c3ccc(-c4cccc(-c5cc(-c6cccc(-c7ccccc7)c6)nc(-c6ccccc6)n5)c4)cc3)cc1C2(C)C.[C-]#[N+]c1cccc2c1-c1ccc(-c3ccc(-c4cccc(-c5cc(-c6ccccc6)nc(-c6ccccc6)n5)c4)cc3)cc1C2(C)C. The van der Waals surface area contributed by atoms with Crippen molar-refractivity contribution in [3.63, 3.8) is 0 Å². The fraction of sp³-hybridized carbons (Fsp3) is 0.0638. The smallest absolute Gasteiger partial charge is 0.195 e. The van der Waals surface area contributed by atoms with Crippen molar-refractivity contribution in [1.29, 1.82) is 0 Å². The van der Waals surface area contributed by atoms with Crippen LogP contribution >= 0.6 is 0 Å². The quantitative estimate of drug-likeness (QED) is 0.121. The van der Waals surface area contributed by atoms with Crippen molar-refractivity contribution >= 4 is 11.4 Å². The van der Waals surface area contributed by atoms with Gasteiger partial charge in [0.1, 0.15) is 0 Å². The second kappa shape index (κ2) is 25.9. The molecule has 15 aromatic rings. The Morgan fingerprint density at radius 2 is 0.480 bits per heavy atom. The minimum absolute atomic E-state index is 0.163. The minimum Gasteiger partial charge on any atom is -0.238 e. The molecule has 0 amide bonds. The molecule has 0 saturated carbocycles. The molecule has 13 aromatic carbocycles. The zero-order valence-electron chi connectivity index (χ0n) is 55.9. The summed E-state index contributed by atoms with van der Waals surface area (Å²) in [5.74, 6) is 1.41. The summed E-state index contributed by atoms with van der Waals surface area (Å²) >= 11 is 0. The number of aromatic nitrogens is 4. The van der Waals surface area contributed by atoms with E-state index in [9.17, 15) is 0 Å². The highest BCUT2D eigenvalue weighted by atomic mass is 14.9. The highest BCUT2D eigenvalue weighted by Gasteiger charge is 2.38. The van der Waals surface area contributed by atoms with E-state index in [2.05, 4.69) is 280 Å². The molecule has 17 rings (SSSR count). The molecular formula is C94H66N6. The molecule has 100 heavy (non-hydrogen) atoms. The fourth-order valence-corrected chi connectivity index (χ4v) is 14.5. The van der Waals surface area contributed by atoms with Crippen molar-refractivity contribution in [3.8, 4) is 146 Å². The lowest BCUT2D eigenvalue weighted by Gasteiger charge is -2.22. The summed E-state index contributed by atoms with van der Waals surface area (Å²) in [5.41, 5.74) is 31.8. The van der Waals surface area contributed by atoms with Gasteiger partial charge < -0.3 is 0 Å². The van der Waals surface area contributed by atoms with E-state index in [0.717, 1.165) is 112 Å². The molecular weight excluding hydrogens is 1210 g/mol. The van der Waals surface area contributed by atoms with Crippen molar-refractivity contribution in [1.82, 2.24) is 19.9 Å². The molecule has 0 saturated heterocycles. The predicted octanol–water partition coefficient (Wildman–Crippen LogP) is 25.0. The van der Waals surface area contributed by atoms with Gasteiger partial charge in [-0.05, 0) is 143 Å². The van der Waals surface area contributed by atoms with Crippen LogP contribution in [0.1, 0.15) is 49.9 Å². The molecule has 0 atom stereocenters. The highest BCUT2D eigenvalue weighted by molar-refractivity contribution is 5.93. The van der Waals surface area contributed by atoms with Gasteiger partial charge in [-0.2, -0.15) is 0 Å². The van der Waals surface area contributed by atoms with E-state index in [1.807, 2.05) is 84.9 Å². The minimum atomic E-state index is -0.173. The Bertz CT molecular complexity index is 5650. The fourth-order valence-electron chi connectivity index (χ4n) is 14.5. The Kier molecular flexibility index (Phi) is 16.0. The summed E-state index contributed by atoms with van der Waals surface area (Å²) in [6.07, 6.45) is 0. The van der Waals surface area contributed by atoms with Gasteiger partial charge >= 0.3 is 0 Å². The molecule has 0 spiro atoms. The molecule has 0 radical (unpaired) electrons. The van der Waals surface area contributed by atoms with E-state index in [1.54, 1.807) is 0 Å². The third kappa shape index (κ3) is 11.6. The van der Waals surface area contributed by atoms with Crippen LogP contribution in [-0.4, -0.2) is 19.9 Å². The molecule has 6 nitrogen and oxygen atoms in total. The van der Waals surface area contributed by atoms with Crippen LogP contribution in [0.5, 0.6) is 0 Å². The molecule has 2 aliphatic rings. The van der Waals surface area contributed by atoms with Crippen LogP contribution in [0.3, 0.4) is 0 Å². The molecule has 2 aliphatic carbocycles. The van der Waals surface area contributed by atoms with E-state index in [1.165, 1.54) is 55.6 Å². The first-order chi connectivity index (χ1) is 48.9. The molecule has 2 heterocycles. The van der Waals surface area contributed by atoms with E-state index in [0.29, 0.717) is 11.6 Å². The molecule has 0 fully saturated rings. The lowest BCUT2D eigenvalue weighted by atomic mass is 9.81. The number of fused-ring (bicyclic) bond motifs is 6. The standard InChI is InChI=1S/C50H35N3.C44H31N3/c1-50(2)43-21-12-22-45(51-3)48(43)42-28-27-39(31-44(42)50)35-25-23-34(24-26-35)38-18-11-20-41(30-38)47-32-46(52-49(53-47)36-15-8-5-9-16-36)40-19-10-17-37(29-40)33-13-6-4-7-14-33;1-44(2)37-18-11-19-39(45-3)42(37)36-25-24-34(27-38(36)44)30-22-20-29(21-23-30)33-16-10-17-35(26-33)41-28-40(31-12-6-4-7-13-31)46-43(47-41)32-14-8-5-9-15-32/h4-32H,1-2H3;4-28H,1-2H3. The van der Waals surface area contributed by atoms with Crippen LogP contribution in [-0.2, 0) is 10.8 Å². The second-order valence-corrected chi connectivity index (χ2v) is 26.7. The van der Waals surface area contributed by atoms with Gasteiger partial charge in [0.2, 0.25) is 0 Å². The Morgan fingerprint density at radius 3 is 0.820 bits per heavy atom. The number of benzene rings is 13. The number of nitrogens with zero attached hydrogens (tertiary/aromatic N) is 6. The van der Waals surface area contributed by atoms with E-state index in [-0.39, 0.29) is 10.8 Å². The third-order valence-electron chi connectivity index (χ3n) is 19.9. The molecule has 472 valence electrons. The lowest BCUT2D eigenvalue weighted by Crippen LogP contribution is -2.14. The van der Waals surface area contributed by atoms with Crippen LogP contribution in [0.4, 0.5) is 11.4 Å².